The van der Waals surface area contributed by atoms with E-state index < -0.39 is 23.3 Å². The van der Waals surface area contributed by atoms with Crippen LogP contribution in [0.2, 0.25) is 0 Å². The molecule has 2 aromatic rings. The Balaban J connectivity index is 2.29. The summed E-state index contributed by atoms with van der Waals surface area (Å²) in [6.07, 6.45) is -3.15. The molecule has 3 N–H and O–H groups in total. The minimum atomic E-state index is -4.60. The van der Waals surface area contributed by atoms with Crippen LogP contribution in [0.1, 0.15) is 15.9 Å². The van der Waals surface area contributed by atoms with Crippen LogP contribution in [0.25, 0.3) is 0 Å². The Bertz CT molecular complexity index is 648. The summed E-state index contributed by atoms with van der Waals surface area (Å²) >= 11 is 0. The topological polar surface area (TPSA) is 72.9 Å². The standard InChI is InChI=1S/C12H11F3N4O/c1-19-10(4-5-17-19)18-11(20)7-2-3-9(16)8(6-7)12(13,14)15/h2-6H,16H2,1H3,(H,18,20). The Morgan fingerprint density at radius 2 is 2.05 bits per heavy atom. The van der Waals surface area contributed by atoms with E-state index in [0.717, 1.165) is 12.1 Å². The third-order valence-corrected chi connectivity index (χ3v) is 2.68. The van der Waals surface area contributed by atoms with Gasteiger partial charge in [-0.05, 0) is 18.2 Å². The number of carbonyl (C=O) groups excluding carboxylic acids is 1. The zero-order valence-corrected chi connectivity index (χ0v) is 10.4. The van der Waals surface area contributed by atoms with Crippen molar-refractivity contribution in [2.24, 2.45) is 7.05 Å². The first-order valence-corrected chi connectivity index (χ1v) is 5.55. The molecule has 0 spiro atoms. The van der Waals surface area contributed by atoms with Gasteiger partial charge >= 0.3 is 6.18 Å². The number of amides is 1. The Morgan fingerprint density at radius 1 is 1.35 bits per heavy atom. The number of alkyl halides is 3. The van der Waals surface area contributed by atoms with Gasteiger partial charge in [0.2, 0.25) is 0 Å². The second-order valence-electron chi connectivity index (χ2n) is 4.09. The predicted octanol–water partition coefficient (Wildman–Crippen LogP) is 2.27. The van der Waals surface area contributed by atoms with Gasteiger partial charge < -0.3 is 11.1 Å². The average molecular weight is 284 g/mol. The highest BCUT2D eigenvalue weighted by molar-refractivity contribution is 6.04. The van der Waals surface area contributed by atoms with Gasteiger partial charge in [-0.2, -0.15) is 18.3 Å². The fraction of sp³-hybridized carbons (Fsp3) is 0.167. The first-order valence-electron chi connectivity index (χ1n) is 5.55. The van der Waals surface area contributed by atoms with Crippen molar-refractivity contribution in [3.8, 4) is 0 Å². The number of aryl methyl sites for hydroxylation is 1. The first kappa shape index (κ1) is 13.9. The predicted molar refractivity (Wildman–Crippen MR) is 67.0 cm³/mol. The number of aromatic nitrogens is 2. The number of hydrogen-bond donors (Lipinski definition) is 2. The molecule has 0 aliphatic carbocycles. The van der Waals surface area contributed by atoms with Gasteiger partial charge in [-0.15, -0.1) is 0 Å². The smallest absolute Gasteiger partial charge is 0.398 e. The molecule has 0 bridgehead atoms. The van der Waals surface area contributed by atoms with E-state index in [0.29, 0.717) is 5.82 Å². The number of nitrogens with zero attached hydrogens (tertiary/aromatic N) is 2. The molecule has 0 saturated carbocycles. The Morgan fingerprint density at radius 3 is 2.60 bits per heavy atom. The van der Waals surface area contributed by atoms with Crippen LogP contribution in [0.4, 0.5) is 24.7 Å². The van der Waals surface area contributed by atoms with Crippen LogP contribution in [0.3, 0.4) is 0 Å². The number of halogens is 3. The lowest BCUT2D eigenvalue weighted by Gasteiger charge is -2.12. The largest absolute Gasteiger partial charge is 0.418 e. The summed E-state index contributed by atoms with van der Waals surface area (Å²) in [6.45, 7) is 0. The van der Waals surface area contributed by atoms with E-state index in [1.165, 1.54) is 23.0 Å². The molecule has 0 aliphatic heterocycles. The zero-order valence-electron chi connectivity index (χ0n) is 10.4. The van der Waals surface area contributed by atoms with Crippen molar-refractivity contribution < 1.29 is 18.0 Å². The van der Waals surface area contributed by atoms with E-state index >= 15 is 0 Å². The molecule has 8 heteroatoms. The molecule has 20 heavy (non-hydrogen) atoms. The van der Waals surface area contributed by atoms with Crippen LogP contribution in [0, 0.1) is 0 Å². The Kier molecular flexibility index (Phi) is 3.39. The fourth-order valence-electron chi connectivity index (χ4n) is 1.63. The molecule has 1 aromatic carbocycles. The third-order valence-electron chi connectivity index (χ3n) is 2.68. The van der Waals surface area contributed by atoms with E-state index in [2.05, 4.69) is 10.4 Å². The summed E-state index contributed by atoms with van der Waals surface area (Å²) in [7, 11) is 1.60. The van der Waals surface area contributed by atoms with E-state index in [9.17, 15) is 18.0 Å². The van der Waals surface area contributed by atoms with Crippen LogP contribution in [0.5, 0.6) is 0 Å². The second-order valence-corrected chi connectivity index (χ2v) is 4.09. The van der Waals surface area contributed by atoms with Gasteiger partial charge in [0.1, 0.15) is 5.82 Å². The molecule has 106 valence electrons. The molecule has 0 radical (unpaired) electrons. The number of anilines is 2. The lowest BCUT2D eigenvalue weighted by molar-refractivity contribution is -0.136. The van der Waals surface area contributed by atoms with Crippen LogP contribution < -0.4 is 11.1 Å². The Hall–Kier alpha value is -2.51. The first-order chi connectivity index (χ1) is 9.29. The van der Waals surface area contributed by atoms with Gasteiger partial charge in [0.05, 0.1) is 11.8 Å². The van der Waals surface area contributed by atoms with Crippen molar-refractivity contribution in [3.05, 3.63) is 41.6 Å². The molecule has 2 rings (SSSR count). The van der Waals surface area contributed by atoms with Gasteiger partial charge in [0.15, 0.2) is 0 Å². The lowest BCUT2D eigenvalue weighted by atomic mass is 10.1. The number of hydrogen-bond acceptors (Lipinski definition) is 3. The van der Waals surface area contributed by atoms with Crippen LogP contribution >= 0.6 is 0 Å². The highest BCUT2D eigenvalue weighted by atomic mass is 19.4. The Labute approximate surface area is 112 Å². The molecule has 0 unspecified atom stereocenters. The number of nitrogen functional groups attached to an aromatic ring is 1. The number of benzene rings is 1. The lowest BCUT2D eigenvalue weighted by Crippen LogP contribution is -2.17. The molecule has 1 heterocycles. The molecule has 0 saturated heterocycles. The van der Waals surface area contributed by atoms with Crippen LogP contribution in [0.15, 0.2) is 30.5 Å². The maximum absolute atomic E-state index is 12.7. The van der Waals surface area contributed by atoms with Gasteiger partial charge in [-0.1, -0.05) is 0 Å². The van der Waals surface area contributed by atoms with E-state index in [1.807, 2.05) is 0 Å². The average Bonchev–Trinajstić information content (AvgIpc) is 2.74. The quantitative estimate of drug-likeness (QED) is 0.831. The molecule has 1 aromatic heterocycles. The molecule has 1 amide bonds. The maximum atomic E-state index is 12.7. The highest BCUT2D eigenvalue weighted by Gasteiger charge is 2.33. The monoisotopic (exact) mass is 284 g/mol. The highest BCUT2D eigenvalue weighted by Crippen LogP contribution is 2.34. The summed E-state index contributed by atoms with van der Waals surface area (Å²) in [5, 5.41) is 6.29. The minimum absolute atomic E-state index is 0.132. The van der Waals surface area contributed by atoms with E-state index in [1.54, 1.807) is 7.05 Å². The fourth-order valence-corrected chi connectivity index (χ4v) is 1.63. The number of rotatable bonds is 2. The summed E-state index contributed by atoms with van der Waals surface area (Å²) in [5.41, 5.74) is 3.68. The molecular weight excluding hydrogens is 273 g/mol. The number of nitrogens with two attached hydrogens (primary N) is 1. The van der Waals surface area contributed by atoms with Crippen molar-refractivity contribution in [1.29, 1.82) is 0 Å². The molecule has 0 fully saturated rings. The molecule has 0 atom stereocenters. The van der Waals surface area contributed by atoms with Crippen LogP contribution in [-0.4, -0.2) is 15.7 Å². The summed E-state index contributed by atoms with van der Waals surface area (Å²) in [4.78, 5) is 11.9. The van der Waals surface area contributed by atoms with Crippen molar-refractivity contribution in [3.63, 3.8) is 0 Å². The van der Waals surface area contributed by atoms with Gasteiger partial charge in [0, 0.05) is 24.4 Å². The van der Waals surface area contributed by atoms with E-state index in [-0.39, 0.29) is 5.56 Å². The summed E-state index contributed by atoms with van der Waals surface area (Å²) < 4.78 is 39.5. The second kappa shape index (κ2) is 4.87. The van der Waals surface area contributed by atoms with Crippen molar-refractivity contribution >= 4 is 17.4 Å². The van der Waals surface area contributed by atoms with Crippen molar-refractivity contribution in [2.45, 2.75) is 6.18 Å². The van der Waals surface area contributed by atoms with Gasteiger partial charge in [-0.25, -0.2) is 0 Å². The minimum Gasteiger partial charge on any atom is -0.398 e. The van der Waals surface area contributed by atoms with Gasteiger partial charge in [-0.3, -0.25) is 9.48 Å². The van der Waals surface area contributed by atoms with E-state index in [4.69, 9.17) is 5.73 Å². The molecular formula is C12H11F3N4O. The maximum Gasteiger partial charge on any atom is 0.418 e. The number of carbonyl (C=O) groups is 1. The molecule has 0 aliphatic rings. The molecule has 5 nitrogen and oxygen atoms in total. The van der Waals surface area contributed by atoms with Gasteiger partial charge in [0.25, 0.3) is 5.91 Å². The van der Waals surface area contributed by atoms with Crippen molar-refractivity contribution in [1.82, 2.24) is 9.78 Å². The normalized spacial score (nSPS) is 11.4. The SMILES string of the molecule is Cn1nccc1NC(=O)c1ccc(N)c(C(F)(F)F)c1. The summed E-state index contributed by atoms with van der Waals surface area (Å²) in [6, 6.07) is 4.54. The number of nitrogens with one attached hydrogen (secondary N) is 1. The zero-order chi connectivity index (χ0) is 14.9. The summed E-state index contributed by atoms with van der Waals surface area (Å²) in [5.74, 6) is -0.292. The third kappa shape index (κ3) is 2.73. The van der Waals surface area contributed by atoms with Crippen LogP contribution in [-0.2, 0) is 13.2 Å². The van der Waals surface area contributed by atoms with Crippen molar-refractivity contribution in [2.75, 3.05) is 11.1 Å².